The average Bonchev–Trinajstić information content (AvgIpc) is 3.12. The van der Waals surface area contributed by atoms with E-state index in [0.29, 0.717) is 4.88 Å². The van der Waals surface area contributed by atoms with Gasteiger partial charge in [0.25, 0.3) is 0 Å². The topological polar surface area (TPSA) is 26.3 Å². The second kappa shape index (κ2) is 5.61. The van der Waals surface area contributed by atoms with E-state index in [0.717, 1.165) is 33.2 Å². The minimum Gasteiger partial charge on any atom is -0.468 e. The lowest BCUT2D eigenvalue weighted by Crippen LogP contribution is -2.20. The van der Waals surface area contributed by atoms with Crippen molar-refractivity contribution in [2.75, 3.05) is 7.11 Å². The molecule has 0 radical (unpaired) electrons. The quantitative estimate of drug-likeness (QED) is 0.384. The molecule has 3 aromatic rings. The predicted octanol–water partition coefficient (Wildman–Crippen LogP) is 5.88. The Kier molecular flexibility index (Phi) is 3.78. The highest BCUT2D eigenvalue weighted by atomic mass is 79.9. The third kappa shape index (κ3) is 2.41. The van der Waals surface area contributed by atoms with E-state index in [-0.39, 0.29) is 16.0 Å². The van der Waals surface area contributed by atoms with Gasteiger partial charge in [-0.2, -0.15) is 0 Å². The van der Waals surface area contributed by atoms with Crippen LogP contribution in [0, 0.1) is 11.6 Å². The molecule has 24 heavy (non-hydrogen) atoms. The van der Waals surface area contributed by atoms with E-state index in [9.17, 15) is 13.6 Å². The second-order valence-electron chi connectivity index (χ2n) is 5.77. The molecule has 0 amide bonds. The molecule has 2 heterocycles. The maximum atomic E-state index is 14.1. The minimum absolute atomic E-state index is 0.109. The van der Waals surface area contributed by atoms with E-state index < -0.39 is 17.0 Å². The Labute approximate surface area is 153 Å². The van der Waals surface area contributed by atoms with Gasteiger partial charge in [-0.15, -0.1) is 22.7 Å². The molecule has 0 unspecified atom stereocenters. The van der Waals surface area contributed by atoms with Crippen LogP contribution >= 0.6 is 38.6 Å². The van der Waals surface area contributed by atoms with E-state index in [1.165, 1.54) is 35.8 Å². The van der Waals surface area contributed by atoms with Crippen LogP contribution in [0.25, 0.3) is 19.8 Å². The normalized spacial score (nSPS) is 15.7. The number of halogens is 3. The first-order chi connectivity index (χ1) is 11.4. The number of rotatable bonds is 3. The minimum atomic E-state index is -0.494. The zero-order chi connectivity index (χ0) is 17.1. The molecular weight excluding hydrogens is 418 g/mol. The zero-order valence-corrected chi connectivity index (χ0v) is 15.7. The van der Waals surface area contributed by atoms with Gasteiger partial charge in [0, 0.05) is 24.7 Å². The van der Waals surface area contributed by atoms with Crippen LogP contribution in [0.1, 0.15) is 17.7 Å². The molecule has 1 aromatic carbocycles. The van der Waals surface area contributed by atoms with E-state index in [4.69, 9.17) is 4.74 Å². The van der Waals surface area contributed by atoms with Gasteiger partial charge < -0.3 is 4.74 Å². The number of benzene rings is 1. The van der Waals surface area contributed by atoms with Crippen LogP contribution < -0.4 is 0 Å². The van der Waals surface area contributed by atoms with Crippen LogP contribution in [0.4, 0.5) is 8.78 Å². The molecular formula is C17H11BrF2O2S2. The van der Waals surface area contributed by atoms with Gasteiger partial charge in [0.15, 0.2) is 0 Å². The molecule has 0 aliphatic heterocycles. The van der Waals surface area contributed by atoms with Crippen LogP contribution in [0.2, 0.25) is 0 Å². The van der Waals surface area contributed by atoms with Crippen molar-refractivity contribution in [3.8, 4) is 10.4 Å². The summed E-state index contributed by atoms with van der Waals surface area (Å²) in [4.78, 5) is 13.7. The van der Waals surface area contributed by atoms with E-state index in [2.05, 4.69) is 15.9 Å². The van der Waals surface area contributed by atoms with Gasteiger partial charge in [-0.25, -0.2) is 8.78 Å². The predicted molar refractivity (Wildman–Crippen MR) is 95.7 cm³/mol. The monoisotopic (exact) mass is 428 g/mol. The van der Waals surface area contributed by atoms with Crippen LogP contribution in [0.15, 0.2) is 28.7 Å². The zero-order valence-electron chi connectivity index (χ0n) is 12.5. The van der Waals surface area contributed by atoms with E-state index in [1.54, 1.807) is 0 Å². The number of hydrogen-bond donors (Lipinski definition) is 0. The Balaban J connectivity index is 1.75. The van der Waals surface area contributed by atoms with Crippen LogP contribution in [-0.2, 0) is 14.9 Å². The molecule has 2 nitrogen and oxygen atoms in total. The number of esters is 1. The average molecular weight is 429 g/mol. The van der Waals surface area contributed by atoms with Gasteiger partial charge in [-0.1, -0.05) is 0 Å². The Morgan fingerprint density at radius 2 is 1.83 bits per heavy atom. The van der Waals surface area contributed by atoms with Gasteiger partial charge >= 0.3 is 5.97 Å². The maximum Gasteiger partial charge on any atom is 0.317 e. The van der Waals surface area contributed by atoms with Crippen molar-refractivity contribution in [2.24, 2.45) is 0 Å². The number of ether oxygens (including phenoxy) is 1. The smallest absolute Gasteiger partial charge is 0.317 e. The van der Waals surface area contributed by atoms with Crippen LogP contribution in [-0.4, -0.2) is 13.1 Å². The fourth-order valence-corrected chi connectivity index (χ4v) is 5.75. The van der Waals surface area contributed by atoms with Gasteiger partial charge in [0.1, 0.15) is 17.0 Å². The number of carbonyl (C=O) groups is 1. The fourth-order valence-electron chi connectivity index (χ4n) is 2.79. The summed E-state index contributed by atoms with van der Waals surface area (Å²) in [6, 6.07) is 6.17. The number of methoxy groups -OCH3 is 1. The second-order valence-corrected chi connectivity index (χ2v) is 8.79. The first-order valence-electron chi connectivity index (χ1n) is 7.22. The lowest BCUT2D eigenvalue weighted by Gasteiger charge is -2.09. The van der Waals surface area contributed by atoms with Gasteiger partial charge in [0.05, 0.1) is 11.6 Å². The highest BCUT2D eigenvalue weighted by molar-refractivity contribution is 9.10. The van der Waals surface area contributed by atoms with E-state index in [1.807, 2.05) is 12.1 Å². The highest BCUT2D eigenvalue weighted by Crippen LogP contribution is 2.53. The van der Waals surface area contributed by atoms with Crippen molar-refractivity contribution >= 4 is 54.0 Å². The largest absolute Gasteiger partial charge is 0.468 e. The Morgan fingerprint density at radius 1 is 1.12 bits per heavy atom. The van der Waals surface area contributed by atoms with Crippen molar-refractivity contribution in [3.63, 3.8) is 0 Å². The summed E-state index contributed by atoms with van der Waals surface area (Å²) in [5.41, 5.74) is -0.243. The Morgan fingerprint density at radius 3 is 2.46 bits per heavy atom. The number of carbonyl (C=O) groups excluding carboxylic acids is 1. The molecule has 2 aromatic heterocycles. The summed E-state index contributed by atoms with van der Waals surface area (Å²) in [6.45, 7) is 0. The molecule has 0 spiro atoms. The van der Waals surface area contributed by atoms with Crippen molar-refractivity contribution < 1.29 is 18.3 Å². The van der Waals surface area contributed by atoms with Crippen molar-refractivity contribution in [1.82, 2.24) is 0 Å². The number of fused-ring (bicyclic) bond motifs is 1. The first-order valence-corrected chi connectivity index (χ1v) is 9.64. The van der Waals surface area contributed by atoms with Crippen molar-refractivity contribution in [3.05, 3.63) is 45.2 Å². The maximum absolute atomic E-state index is 14.1. The molecule has 7 heteroatoms. The molecule has 4 rings (SSSR count). The highest BCUT2D eigenvalue weighted by Gasteiger charge is 2.53. The Hall–Kier alpha value is -1.31. The number of hydrogen-bond acceptors (Lipinski definition) is 4. The van der Waals surface area contributed by atoms with Gasteiger partial charge in [0.2, 0.25) is 0 Å². The molecule has 1 aliphatic rings. The Bertz CT molecular complexity index is 941. The van der Waals surface area contributed by atoms with Gasteiger partial charge in [-0.05, 0) is 53.0 Å². The summed E-state index contributed by atoms with van der Waals surface area (Å²) in [6.07, 6.45) is 1.60. The molecule has 0 saturated heterocycles. The van der Waals surface area contributed by atoms with Gasteiger partial charge in [-0.3, -0.25) is 4.79 Å². The first kappa shape index (κ1) is 16.2. The summed E-state index contributed by atoms with van der Waals surface area (Å²) < 4.78 is 34.8. The van der Waals surface area contributed by atoms with Crippen molar-refractivity contribution in [2.45, 2.75) is 18.3 Å². The van der Waals surface area contributed by atoms with Crippen LogP contribution in [0.5, 0.6) is 0 Å². The summed E-state index contributed by atoms with van der Waals surface area (Å²) in [5.74, 6) is -1.16. The molecule has 1 fully saturated rings. The SMILES string of the molecule is COC(=O)C1(c2cc3sc(-c4cc(F)c(Br)cc4F)cc3s2)CC1. The summed E-state index contributed by atoms with van der Waals surface area (Å²) >= 11 is 5.91. The number of thiophene rings is 2. The fraction of sp³-hybridized carbons (Fsp3) is 0.235. The molecule has 1 saturated carbocycles. The lowest BCUT2D eigenvalue weighted by molar-refractivity contribution is -0.143. The summed E-state index contributed by atoms with van der Waals surface area (Å²) in [7, 11) is 1.40. The third-order valence-corrected chi connectivity index (χ3v) is 7.42. The third-order valence-electron chi connectivity index (χ3n) is 4.28. The standard InChI is InChI=1S/C17H11BrF2O2S2/c1-22-16(21)17(2-3-17)15-7-14-13(24-15)6-12(23-14)8-4-11(20)9(18)5-10(8)19/h4-7H,2-3H2,1H3. The molecule has 0 atom stereocenters. The summed E-state index contributed by atoms with van der Waals surface area (Å²) in [5, 5.41) is 0. The molecule has 124 valence electrons. The van der Waals surface area contributed by atoms with Crippen molar-refractivity contribution in [1.29, 1.82) is 0 Å². The molecule has 0 bridgehead atoms. The molecule has 1 aliphatic carbocycles. The lowest BCUT2D eigenvalue weighted by atomic mass is 10.1. The van der Waals surface area contributed by atoms with E-state index >= 15 is 0 Å². The van der Waals surface area contributed by atoms with Crippen LogP contribution in [0.3, 0.4) is 0 Å². The molecule has 0 N–H and O–H groups in total.